The van der Waals surface area contributed by atoms with E-state index in [0.29, 0.717) is 0 Å². The molecule has 0 radical (unpaired) electrons. The molecule has 0 aliphatic heterocycles. The van der Waals surface area contributed by atoms with Crippen LogP contribution in [-0.2, 0) is 10.0 Å². The molecular formula is C13H9ClFNO5S. The third-order valence-electron chi connectivity index (χ3n) is 2.68. The molecule has 0 unspecified atom stereocenters. The highest BCUT2D eigenvalue weighted by molar-refractivity contribution is 7.92. The molecule has 0 aromatic heterocycles. The standard InChI is InChI=1S/C13H9ClFNO5S/c14-8-5-7(13(18)19)6-11(12(8)17)22(20,21)16-10-4-2-1-3-9(10)15/h1-6,16-17H,(H,18,19). The first-order valence-electron chi connectivity index (χ1n) is 5.75. The normalized spacial score (nSPS) is 11.2. The number of hydrogen-bond donors (Lipinski definition) is 3. The fourth-order valence-corrected chi connectivity index (χ4v) is 3.13. The van der Waals surface area contributed by atoms with Crippen molar-refractivity contribution in [1.82, 2.24) is 0 Å². The second kappa shape index (κ2) is 5.82. The maximum atomic E-state index is 13.5. The smallest absolute Gasteiger partial charge is 0.335 e. The minimum absolute atomic E-state index is 0.348. The van der Waals surface area contributed by atoms with Gasteiger partial charge >= 0.3 is 5.97 Å². The number of phenolic OH excluding ortho intramolecular Hbond substituents is 1. The Bertz CT molecular complexity index is 854. The summed E-state index contributed by atoms with van der Waals surface area (Å²) in [6.45, 7) is 0. The van der Waals surface area contributed by atoms with E-state index in [0.717, 1.165) is 18.2 Å². The summed E-state index contributed by atoms with van der Waals surface area (Å²) in [7, 11) is -4.43. The van der Waals surface area contributed by atoms with Gasteiger partial charge in [-0.15, -0.1) is 0 Å². The summed E-state index contributed by atoms with van der Waals surface area (Å²) in [6, 6.07) is 6.62. The summed E-state index contributed by atoms with van der Waals surface area (Å²) < 4.78 is 39.9. The molecule has 0 heterocycles. The quantitative estimate of drug-likeness (QED) is 0.790. The van der Waals surface area contributed by atoms with E-state index >= 15 is 0 Å². The average Bonchev–Trinajstić information content (AvgIpc) is 2.43. The number of carboxylic acids is 1. The van der Waals surface area contributed by atoms with Crippen LogP contribution in [0.3, 0.4) is 0 Å². The van der Waals surface area contributed by atoms with Gasteiger partial charge in [0.25, 0.3) is 10.0 Å². The van der Waals surface area contributed by atoms with Gasteiger partial charge < -0.3 is 10.2 Å². The minimum atomic E-state index is -4.43. The second-order valence-corrected chi connectivity index (χ2v) is 6.25. The van der Waals surface area contributed by atoms with Crippen molar-refractivity contribution in [1.29, 1.82) is 0 Å². The number of carbonyl (C=O) groups is 1. The van der Waals surface area contributed by atoms with Crippen LogP contribution in [-0.4, -0.2) is 24.6 Å². The summed E-state index contributed by atoms with van der Waals surface area (Å²) in [5.41, 5.74) is -0.782. The lowest BCUT2D eigenvalue weighted by Crippen LogP contribution is -2.15. The van der Waals surface area contributed by atoms with Crippen molar-refractivity contribution in [3.63, 3.8) is 0 Å². The number of nitrogens with one attached hydrogen (secondary N) is 1. The number of para-hydroxylation sites is 1. The van der Waals surface area contributed by atoms with E-state index in [9.17, 15) is 22.7 Å². The maximum Gasteiger partial charge on any atom is 0.335 e. The third kappa shape index (κ3) is 3.12. The number of aromatic carboxylic acids is 1. The first-order valence-corrected chi connectivity index (χ1v) is 7.61. The summed E-state index contributed by atoms with van der Waals surface area (Å²) in [6.07, 6.45) is 0. The fourth-order valence-electron chi connectivity index (χ4n) is 1.65. The van der Waals surface area contributed by atoms with Gasteiger partial charge in [-0.2, -0.15) is 0 Å². The summed E-state index contributed by atoms with van der Waals surface area (Å²) >= 11 is 5.62. The van der Waals surface area contributed by atoms with Crippen LogP contribution in [0.25, 0.3) is 0 Å². The Morgan fingerprint density at radius 3 is 2.45 bits per heavy atom. The Hall–Kier alpha value is -2.32. The van der Waals surface area contributed by atoms with Gasteiger partial charge in [0.2, 0.25) is 0 Å². The highest BCUT2D eigenvalue weighted by Crippen LogP contribution is 2.33. The van der Waals surface area contributed by atoms with E-state index in [4.69, 9.17) is 16.7 Å². The average molecular weight is 346 g/mol. The third-order valence-corrected chi connectivity index (χ3v) is 4.35. The van der Waals surface area contributed by atoms with Crippen molar-refractivity contribution in [3.05, 3.63) is 52.8 Å². The summed E-state index contributed by atoms with van der Waals surface area (Å²) in [5, 5.41) is 18.2. The molecule has 2 aromatic rings. The van der Waals surface area contributed by atoms with Crippen LogP contribution < -0.4 is 4.72 Å². The molecule has 0 spiro atoms. The molecule has 116 valence electrons. The highest BCUT2D eigenvalue weighted by Gasteiger charge is 2.24. The molecule has 0 aliphatic rings. The Balaban J connectivity index is 2.54. The Labute approximate surface area is 129 Å². The summed E-state index contributed by atoms with van der Waals surface area (Å²) in [4.78, 5) is 10.2. The van der Waals surface area contributed by atoms with Gasteiger partial charge in [0, 0.05) is 0 Å². The molecule has 22 heavy (non-hydrogen) atoms. The van der Waals surface area contributed by atoms with Gasteiger partial charge in [0.1, 0.15) is 10.7 Å². The molecule has 0 bridgehead atoms. The van der Waals surface area contributed by atoms with Crippen LogP contribution in [0.2, 0.25) is 5.02 Å². The lowest BCUT2D eigenvalue weighted by Gasteiger charge is -2.11. The van der Waals surface area contributed by atoms with Crippen LogP contribution in [0.4, 0.5) is 10.1 Å². The number of phenols is 1. The van der Waals surface area contributed by atoms with Crippen molar-refractivity contribution >= 4 is 33.3 Å². The fraction of sp³-hybridized carbons (Fsp3) is 0. The van der Waals surface area contributed by atoms with Crippen LogP contribution in [0.1, 0.15) is 10.4 Å². The zero-order valence-electron chi connectivity index (χ0n) is 10.7. The van der Waals surface area contributed by atoms with E-state index < -0.39 is 43.0 Å². The number of carboxylic acid groups (broad SMARTS) is 1. The molecule has 3 N–H and O–H groups in total. The predicted molar refractivity (Wildman–Crippen MR) is 77.3 cm³/mol. The van der Waals surface area contributed by atoms with Gasteiger partial charge in [-0.1, -0.05) is 23.7 Å². The van der Waals surface area contributed by atoms with E-state index in [1.54, 1.807) is 0 Å². The Morgan fingerprint density at radius 1 is 1.23 bits per heavy atom. The second-order valence-electron chi connectivity index (χ2n) is 4.20. The van der Waals surface area contributed by atoms with Gasteiger partial charge in [-0.25, -0.2) is 17.6 Å². The van der Waals surface area contributed by atoms with Gasteiger partial charge in [-0.05, 0) is 24.3 Å². The molecule has 0 amide bonds. The van der Waals surface area contributed by atoms with Crippen molar-refractivity contribution in [2.75, 3.05) is 4.72 Å². The molecular weight excluding hydrogens is 337 g/mol. The molecule has 0 atom stereocenters. The van der Waals surface area contributed by atoms with Crippen molar-refractivity contribution in [2.24, 2.45) is 0 Å². The number of halogens is 2. The molecule has 9 heteroatoms. The lowest BCUT2D eigenvalue weighted by molar-refractivity contribution is 0.0696. The van der Waals surface area contributed by atoms with Crippen LogP contribution in [0.15, 0.2) is 41.3 Å². The zero-order valence-corrected chi connectivity index (χ0v) is 12.3. The summed E-state index contributed by atoms with van der Waals surface area (Å²) in [5.74, 6) is -3.08. The predicted octanol–water partition coefficient (Wildman–Crippen LogP) is 2.68. The van der Waals surface area contributed by atoms with E-state index in [-0.39, 0.29) is 5.69 Å². The largest absolute Gasteiger partial charge is 0.505 e. The molecule has 2 aromatic carbocycles. The molecule has 0 fully saturated rings. The molecule has 0 saturated carbocycles. The van der Waals surface area contributed by atoms with Crippen molar-refractivity contribution in [2.45, 2.75) is 4.90 Å². The SMILES string of the molecule is O=C(O)c1cc(Cl)c(O)c(S(=O)(=O)Nc2ccccc2F)c1. The minimum Gasteiger partial charge on any atom is -0.505 e. The van der Waals surface area contributed by atoms with Crippen molar-refractivity contribution < 1.29 is 27.8 Å². The number of anilines is 1. The van der Waals surface area contributed by atoms with E-state index in [1.165, 1.54) is 18.2 Å². The van der Waals surface area contributed by atoms with Crippen LogP contribution >= 0.6 is 11.6 Å². The number of sulfonamides is 1. The molecule has 0 aliphatic carbocycles. The maximum absolute atomic E-state index is 13.5. The van der Waals surface area contributed by atoms with Gasteiger partial charge in [0.15, 0.2) is 5.75 Å². The molecule has 2 rings (SSSR count). The lowest BCUT2D eigenvalue weighted by atomic mass is 10.2. The number of benzene rings is 2. The first kappa shape index (κ1) is 16.1. The molecule has 6 nitrogen and oxygen atoms in total. The van der Waals surface area contributed by atoms with Crippen LogP contribution in [0, 0.1) is 5.82 Å². The highest BCUT2D eigenvalue weighted by atomic mass is 35.5. The van der Waals surface area contributed by atoms with E-state index in [1.807, 2.05) is 4.72 Å². The Morgan fingerprint density at radius 2 is 1.86 bits per heavy atom. The van der Waals surface area contributed by atoms with Gasteiger partial charge in [0.05, 0.1) is 16.3 Å². The topological polar surface area (TPSA) is 104 Å². The van der Waals surface area contributed by atoms with E-state index in [2.05, 4.69) is 0 Å². The van der Waals surface area contributed by atoms with Gasteiger partial charge in [-0.3, -0.25) is 4.72 Å². The monoisotopic (exact) mass is 345 g/mol. The first-order chi connectivity index (χ1) is 10.2. The number of aromatic hydroxyl groups is 1. The van der Waals surface area contributed by atoms with Crippen LogP contribution in [0.5, 0.6) is 5.75 Å². The zero-order chi connectivity index (χ0) is 16.5. The van der Waals surface area contributed by atoms with Crippen molar-refractivity contribution in [3.8, 4) is 5.75 Å². The Kier molecular flexibility index (Phi) is 4.25. The number of hydrogen-bond acceptors (Lipinski definition) is 4. The number of rotatable bonds is 4. The molecule has 0 saturated heterocycles.